The van der Waals surface area contributed by atoms with Crippen LogP contribution < -0.4 is 5.32 Å². The van der Waals surface area contributed by atoms with E-state index in [1.165, 1.54) is 21.3 Å². The Bertz CT molecular complexity index is 1380. The molecule has 5 rings (SSSR count). The molecule has 0 fully saturated rings. The molecule has 1 aromatic carbocycles. The minimum Gasteiger partial charge on any atom is -0.316 e. The number of amides is 1. The number of aromatic nitrogens is 3. The Hall–Kier alpha value is -2.67. The summed E-state index contributed by atoms with van der Waals surface area (Å²) in [5.41, 5.74) is 2.83. The number of anilines is 1. The van der Waals surface area contributed by atoms with E-state index in [0.29, 0.717) is 21.6 Å². The van der Waals surface area contributed by atoms with Crippen molar-refractivity contribution in [2.45, 2.75) is 37.8 Å². The van der Waals surface area contributed by atoms with Gasteiger partial charge < -0.3 is 9.88 Å². The lowest BCUT2D eigenvalue weighted by atomic mass is 9.86. The van der Waals surface area contributed by atoms with Crippen LogP contribution in [0.4, 0.5) is 5.00 Å². The van der Waals surface area contributed by atoms with Gasteiger partial charge in [0.25, 0.3) is 0 Å². The van der Waals surface area contributed by atoms with Crippen molar-refractivity contribution in [3.63, 3.8) is 0 Å². The number of nitriles is 1. The molecule has 0 saturated carbocycles. The molecule has 1 amide bonds. The molecule has 33 heavy (non-hydrogen) atoms. The highest BCUT2D eigenvalue weighted by atomic mass is 32.2. The number of fused-ring (bicyclic) bond motifs is 2. The van der Waals surface area contributed by atoms with Crippen LogP contribution in [0.3, 0.4) is 0 Å². The fourth-order valence-electron chi connectivity index (χ4n) is 4.33. The Kier molecular flexibility index (Phi) is 6.23. The van der Waals surface area contributed by atoms with E-state index in [0.717, 1.165) is 48.0 Å². The Morgan fingerprint density at radius 2 is 2.21 bits per heavy atom. The molecule has 0 spiro atoms. The highest BCUT2D eigenvalue weighted by Crippen LogP contribution is 2.40. The van der Waals surface area contributed by atoms with E-state index in [1.807, 2.05) is 23.7 Å². The second-order valence-corrected chi connectivity index (χ2v) is 11.1. The molecule has 0 bridgehead atoms. The average molecular weight is 494 g/mol. The number of carbonyl (C=O) groups is 1. The summed E-state index contributed by atoms with van der Waals surface area (Å²) in [7, 11) is 1.92. The first-order chi connectivity index (χ1) is 16.1. The molecular weight excluding hydrogens is 470 g/mol. The number of thiophene rings is 2. The minimum atomic E-state index is -0.132. The maximum Gasteiger partial charge on any atom is 0.235 e. The molecule has 1 atom stereocenters. The number of carbonyl (C=O) groups excluding carboxylic acids is 1. The minimum absolute atomic E-state index is 0.132. The van der Waals surface area contributed by atoms with Crippen LogP contribution in [-0.2, 0) is 24.7 Å². The summed E-state index contributed by atoms with van der Waals surface area (Å²) in [5, 5.41) is 26.0. The Morgan fingerprint density at radius 3 is 3.03 bits per heavy atom. The third-order valence-electron chi connectivity index (χ3n) is 6.20. The molecule has 1 unspecified atom stereocenters. The van der Waals surface area contributed by atoms with Gasteiger partial charge in [0.1, 0.15) is 11.1 Å². The zero-order chi connectivity index (χ0) is 22.9. The van der Waals surface area contributed by atoms with Crippen LogP contribution in [0, 0.1) is 17.2 Å². The normalized spacial score (nSPS) is 15.4. The second kappa shape index (κ2) is 9.29. The van der Waals surface area contributed by atoms with Gasteiger partial charge in [0, 0.05) is 33.0 Å². The summed E-state index contributed by atoms with van der Waals surface area (Å²) in [6, 6.07) is 10.6. The van der Waals surface area contributed by atoms with Gasteiger partial charge in [-0.3, -0.25) is 4.79 Å². The fourth-order valence-corrected chi connectivity index (χ4v) is 7.31. The first kappa shape index (κ1) is 22.1. The SMILES string of the molecule is CCC1CCc2c(sc(NC(=O)CSc3nnc(-c4csc5ccccc45)n3C)c2C#N)C1. The van der Waals surface area contributed by atoms with Gasteiger partial charge in [-0.1, -0.05) is 43.3 Å². The number of hydrogen-bond acceptors (Lipinski definition) is 7. The summed E-state index contributed by atoms with van der Waals surface area (Å²) in [6.45, 7) is 2.22. The third kappa shape index (κ3) is 4.19. The third-order valence-corrected chi connectivity index (χ3v) is 9.35. The summed E-state index contributed by atoms with van der Waals surface area (Å²) < 4.78 is 3.14. The lowest BCUT2D eigenvalue weighted by Crippen LogP contribution is -2.14. The highest BCUT2D eigenvalue weighted by molar-refractivity contribution is 7.99. The van der Waals surface area contributed by atoms with E-state index in [9.17, 15) is 10.1 Å². The summed E-state index contributed by atoms with van der Waals surface area (Å²) in [6.07, 6.45) is 4.20. The molecule has 168 valence electrons. The number of nitrogens with one attached hydrogen (secondary N) is 1. The smallest absolute Gasteiger partial charge is 0.235 e. The number of thioether (sulfide) groups is 1. The van der Waals surface area contributed by atoms with Crippen LogP contribution in [0.1, 0.15) is 35.8 Å². The molecule has 0 saturated heterocycles. The molecule has 6 nitrogen and oxygen atoms in total. The molecular formula is C24H23N5OS3. The number of rotatable bonds is 6. The maximum atomic E-state index is 12.7. The number of benzene rings is 1. The van der Waals surface area contributed by atoms with Gasteiger partial charge in [-0.2, -0.15) is 5.26 Å². The van der Waals surface area contributed by atoms with Crippen molar-refractivity contribution in [1.29, 1.82) is 5.26 Å². The predicted octanol–water partition coefficient (Wildman–Crippen LogP) is 5.88. The van der Waals surface area contributed by atoms with Gasteiger partial charge >= 0.3 is 0 Å². The van der Waals surface area contributed by atoms with E-state index >= 15 is 0 Å². The second-order valence-electron chi connectivity index (χ2n) is 8.18. The van der Waals surface area contributed by atoms with Crippen molar-refractivity contribution in [3.8, 4) is 17.5 Å². The van der Waals surface area contributed by atoms with Crippen LogP contribution in [0.25, 0.3) is 21.5 Å². The van der Waals surface area contributed by atoms with Crippen molar-refractivity contribution in [2.75, 3.05) is 11.1 Å². The van der Waals surface area contributed by atoms with Crippen LogP contribution in [0.2, 0.25) is 0 Å². The maximum absolute atomic E-state index is 12.7. The monoisotopic (exact) mass is 493 g/mol. The molecule has 9 heteroatoms. The topological polar surface area (TPSA) is 83.6 Å². The van der Waals surface area contributed by atoms with Gasteiger partial charge in [-0.05, 0) is 36.8 Å². The van der Waals surface area contributed by atoms with Gasteiger partial charge in [0.05, 0.1) is 11.3 Å². The number of nitrogens with zero attached hydrogens (tertiary/aromatic N) is 4. The molecule has 1 aliphatic carbocycles. The quantitative estimate of drug-likeness (QED) is 0.339. The zero-order valence-corrected chi connectivity index (χ0v) is 20.9. The molecule has 3 aromatic heterocycles. The van der Waals surface area contributed by atoms with E-state index in [1.54, 1.807) is 22.7 Å². The Balaban J connectivity index is 1.28. The molecule has 0 aliphatic heterocycles. The van der Waals surface area contributed by atoms with Crippen LogP contribution >= 0.6 is 34.4 Å². The van der Waals surface area contributed by atoms with Crippen molar-refractivity contribution in [3.05, 3.63) is 45.6 Å². The Morgan fingerprint density at radius 1 is 1.36 bits per heavy atom. The van der Waals surface area contributed by atoms with Crippen molar-refractivity contribution >= 4 is 55.4 Å². The first-order valence-electron chi connectivity index (χ1n) is 10.9. The summed E-state index contributed by atoms with van der Waals surface area (Å²) >= 11 is 4.60. The average Bonchev–Trinajstić information content (AvgIpc) is 3.51. The van der Waals surface area contributed by atoms with E-state index in [-0.39, 0.29) is 11.7 Å². The van der Waals surface area contributed by atoms with Crippen LogP contribution in [0.5, 0.6) is 0 Å². The largest absolute Gasteiger partial charge is 0.316 e. The van der Waals surface area contributed by atoms with Gasteiger partial charge in [0.15, 0.2) is 11.0 Å². The lowest BCUT2D eigenvalue weighted by molar-refractivity contribution is -0.113. The number of hydrogen-bond donors (Lipinski definition) is 1. The fraction of sp³-hybridized carbons (Fsp3) is 0.333. The summed E-state index contributed by atoms with van der Waals surface area (Å²) in [4.78, 5) is 14.0. The summed E-state index contributed by atoms with van der Waals surface area (Å²) in [5.74, 6) is 1.54. The van der Waals surface area contributed by atoms with Crippen molar-refractivity contribution < 1.29 is 4.79 Å². The van der Waals surface area contributed by atoms with Gasteiger partial charge in [-0.25, -0.2) is 0 Å². The predicted molar refractivity (Wildman–Crippen MR) is 136 cm³/mol. The highest BCUT2D eigenvalue weighted by Gasteiger charge is 2.26. The van der Waals surface area contributed by atoms with E-state index < -0.39 is 0 Å². The van der Waals surface area contributed by atoms with Crippen molar-refractivity contribution in [2.24, 2.45) is 13.0 Å². The standard InChI is InChI=1S/C24H23N5OS3/c1-3-14-8-9-16-17(11-25)23(33-20(16)10-14)26-21(30)13-32-24-28-27-22(29(24)2)18-12-31-19-7-5-4-6-15(18)19/h4-7,12,14H,3,8-10,13H2,1-2H3,(H,26,30). The van der Waals surface area contributed by atoms with Gasteiger partial charge in [-0.15, -0.1) is 32.9 Å². The molecule has 1 aliphatic rings. The molecule has 1 N–H and O–H groups in total. The lowest BCUT2D eigenvalue weighted by Gasteiger charge is -2.20. The Labute approximate surface area is 204 Å². The molecule has 3 heterocycles. The molecule has 0 radical (unpaired) electrons. The van der Waals surface area contributed by atoms with E-state index in [4.69, 9.17) is 0 Å². The molecule has 4 aromatic rings. The van der Waals surface area contributed by atoms with Crippen LogP contribution in [0.15, 0.2) is 34.8 Å². The van der Waals surface area contributed by atoms with Crippen molar-refractivity contribution in [1.82, 2.24) is 14.8 Å². The van der Waals surface area contributed by atoms with E-state index in [2.05, 4.69) is 46.0 Å². The first-order valence-corrected chi connectivity index (χ1v) is 13.6. The zero-order valence-electron chi connectivity index (χ0n) is 18.4. The van der Waals surface area contributed by atoms with Crippen LogP contribution in [-0.4, -0.2) is 26.4 Å². The van der Waals surface area contributed by atoms with Gasteiger partial charge in [0.2, 0.25) is 5.91 Å².